The van der Waals surface area contributed by atoms with Gasteiger partial charge in [0.2, 0.25) is 0 Å². The van der Waals surface area contributed by atoms with Crippen molar-refractivity contribution in [2.24, 2.45) is 0 Å². The van der Waals surface area contributed by atoms with Crippen molar-refractivity contribution in [1.82, 2.24) is 4.40 Å². The van der Waals surface area contributed by atoms with E-state index < -0.39 is 0 Å². The largest absolute Gasteiger partial charge is 0.323 e. The molecule has 0 atom stereocenters. The molecule has 0 amide bonds. The van der Waals surface area contributed by atoms with Gasteiger partial charge in [-0.05, 0) is 29.2 Å². The van der Waals surface area contributed by atoms with Gasteiger partial charge in [0.1, 0.15) is 6.07 Å². The van der Waals surface area contributed by atoms with Crippen molar-refractivity contribution >= 4 is 5.52 Å². The molecule has 76 valence electrons. The molecule has 0 saturated heterocycles. The first kappa shape index (κ1) is 9.79. The van der Waals surface area contributed by atoms with Crippen molar-refractivity contribution in [3.8, 4) is 6.07 Å². The molecule has 0 N–H and O–H groups in total. The van der Waals surface area contributed by atoms with Crippen molar-refractivity contribution in [2.75, 3.05) is 0 Å². The van der Waals surface area contributed by atoms with E-state index in [1.54, 1.807) is 0 Å². The Kier molecular flexibility index (Phi) is 2.04. The molecule has 0 unspecified atom stereocenters. The fourth-order valence-electron chi connectivity index (χ4n) is 1.66. The smallest absolute Gasteiger partial charge is 0.101 e. The number of fused-ring (bicyclic) bond motifs is 1. The summed E-state index contributed by atoms with van der Waals surface area (Å²) in [4.78, 5) is 0. The SMILES string of the molecule is CC(C)(C)c1ccn2ccc(C#N)c2c1. The molecule has 0 spiro atoms. The van der Waals surface area contributed by atoms with Crippen LogP contribution < -0.4 is 0 Å². The molecule has 2 nitrogen and oxygen atoms in total. The van der Waals surface area contributed by atoms with E-state index in [-0.39, 0.29) is 5.41 Å². The minimum Gasteiger partial charge on any atom is -0.323 e. The Balaban J connectivity index is 2.69. The van der Waals surface area contributed by atoms with Crippen LogP contribution in [-0.4, -0.2) is 4.40 Å². The van der Waals surface area contributed by atoms with Crippen molar-refractivity contribution in [1.29, 1.82) is 5.26 Å². The monoisotopic (exact) mass is 198 g/mol. The van der Waals surface area contributed by atoms with Gasteiger partial charge < -0.3 is 4.40 Å². The van der Waals surface area contributed by atoms with E-state index in [9.17, 15) is 0 Å². The van der Waals surface area contributed by atoms with Gasteiger partial charge in [0, 0.05) is 12.4 Å². The zero-order chi connectivity index (χ0) is 11.1. The van der Waals surface area contributed by atoms with Gasteiger partial charge in [-0.2, -0.15) is 5.26 Å². The lowest BCUT2D eigenvalue weighted by molar-refractivity contribution is 0.590. The molecule has 0 aliphatic rings. The summed E-state index contributed by atoms with van der Waals surface area (Å²) in [5.74, 6) is 0. The minimum atomic E-state index is 0.124. The number of nitrogens with zero attached hydrogens (tertiary/aromatic N) is 2. The topological polar surface area (TPSA) is 28.2 Å². The molecule has 0 saturated carbocycles. The summed E-state index contributed by atoms with van der Waals surface area (Å²) in [7, 11) is 0. The lowest BCUT2D eigenvalue weighted by Crippen LogP contribution is -2.11. The summed E-state index contributed by atoms with van der Waals surface area (Å²) in [5, 5.41) is 8.95. The van der Waals surface area contributed by atoms with Crippen molar-refractivity contribution < 1.29 is 0 Å². The third-order valence-corrected chi connectivity index (χ3v) is 2.65. The molecular weight excluding hydrogens is 184 g/mol. The quantitative estimate of drug-likeness (QED) is 0.639. The summed E-state index contributed by atoms with van der Waals surface area (Å²) in [6, 6.07) is 8.26. The maximum Gasteiger partial charge on any atom is 0.101 e. The van der Waals surface area contributed by atoms with Crippen LogP contribution in [0.4, 0.5) is 0 Å². The predicted molar refractivity (Wildman–Crippen MR) is 60.8 cm³/mol. The van der Waals surface area contributed by atoms with Crippen LogP contribution in [0, 0.1) is 11.3 Å². The molecular formula is C13H14N2. The van der Waals surface area contributed by atoms with E-state index >= 15 is 0 Å². The molecule has 0 bridgehead atoms. The fourth-order valence-corrected chi connectivity index (χ4v) is 1.66. The fraction of sp³-hybridized carbons (Fsp3) is 0.308. The van der Waals surface area contributed by atoms with Crippen LogP contribution in [0.5, 0.6) is 0 Å². The Morgan fingerprint density at radius 3 is 2.47 bits per heavy atom. The van der Waals surface area contributed by atoms with Gasteiger partial charge in [0.05, 0.1) is 11.1 Å². The molecule has 2 heteroatoms. The van der Waals surface area contributed by atoms with E-state index in [1.807, 2.05) is 22.9 Å². The Hall–Kier alpha value is -1.75. The van der Waals surface area contributed by atoms with E-state index in [1.165, 1.54) is 5.56 Å². The van der Waals surface area contributed by atoms with Gasteiger partial charge in [0.15, 0.2) is 0 Å². The summed E-state index contributed by atoms with van der Waals surface area (Å²) in [6.45, 7) is 6.52. The first-order chi connectivity index (χ1) is 7.02. The molecule has 0 radical (unpaired) electrons. The number of nitriles is 1. The maximum absolute atomic E-state index is 8.95. The number of rotatable bonds is 0. The zero-order valence-electron chi connectivity index (χ0n) is 9.28. The van der Waals surface area contributed by atoms with Gasteiger partial charge >= 0.3 is 0 Å². The average Bonchev–Trinajstić information content (AvgIpc) is 2.57. The Morgan fingerprint density at radius 2 is 1.87 bits per heavy atom. The van der Waals surface area contributed by atoms with Crippen LogP contribution in [0.15, 0.2) is 30.6 Å². The standard InChI is InChI=1S/C13H14N2/c1-13(2,3)11-5-7-15-6-4-10(9-14)12(15)8-11/h4-8H,1-3H3. The van der Waals surface area contributed by atoms with E-state index in [4.69, 9.17) is 5.26 Å². The van der Waals surface area contributed by atoms with Gasteiger partial charge in [0.25, 0.3) is 0 Å². The molecule has 2 aromatic heterocycles. The minimum absolute atomic E-state index is 0.124. The highest BCUT2D eigenvalue weighted by Crippen LogP contribution is 2.24. The van der Waals surface area contributed by atoms with Crippen LogP contribution in [0.2, 0.25) is 0 Å². The lowest BCUT2D eigenvalue weighted by Gasteiger charge is -2.19. The number of pyridine rings is 1. The molecule has 0 aromatic carbocycles. The average molecular weight is 198 g/mol. The molecule has 2 aromatic rings. The van der Waals surface area contributed by atoms with Gasteiger partial charge in [-0.1, -0.05) is 20.8 Å². The third kappa shape index (κ3) is 1.61. The van der Waals surface area contributed by atoms with Crippen LogP contribution in [0.1, 0.15) is 31.9 Å². The first-order valence-electron chi connectivity index (χ1n) is 5.03. The second-order valence-electron chi connectivity index (χ2n) is 4.80. The normalized spacial score (nSPS) is 11.6. The summed E-state index contributed by atoms with van der Waals surface area (Å²) >= 11 is 0. The predicted octanol–water partition coefficient (Wildman–Crippen LogP) is 3.11. The molecule has 15 heavy (non-hydrogen) atoms. The van der Waals surface area contributed by atoms with Crippen molar-refractivity contribution in [3.05, 3.63) is 41.7 Å². The molecule has 0 aliphatic heterocycles. The molecule has 2 heterocycles. The molecule has 0 fully saturated rings. The Morgan fingerprint density at radius 1 is 1.20 bits per heavy atom. The lowest BCUT2D eigenvalue weighted by atomic mass is 9.87. The summed E-state index contributed by atoms with van der Waals surface area (Å²) in [6.07, 6.45) is 3.93. The maximum atomic E-state index is 8.95. The Labute approximate surface area is 89.8 Å². The summed E-state index contributed by atoms with van der Waals surface area (Å²) < 4.78 is 1.98. The second kappa shape index (κ2) is 3.13. The third-order valence-electron chi connectivity index (χ3n) is 2.65. The van der Waals surface area contributed by atoms with Gasteiger partial charge in [-0.15, -0.1) is 0 Å². The van der Waals surface area contributed by atoms with E-state index in [2.05, 4.69) is 39.0 Å². The van der Waals surface area contributed by atoms with Crippen molar-refractivity contribution in [2.45, 2.75) is 26.2 Å². The first-order valence-corrected chi connectivity index (χ1v) is 5.03. The Bertz CT molecular complexity index is 536. The van der Waals surface area contributed by atoms with Crippen LogP contribution in [0.3, 0.4) is 0 Å². The van der Waals surface area contributed by atoms with E-state index in [0.29, 0.717) is 0 Å². The highest BCUT2D eigenvalue weighted by Gasteiger charge is 2.14. The second-order valence-corrected chi connectivity index (χ2v) is 4.80. The van der Waals surface area contributed by atoms with Crippen LogP contribution >= 0.6 is 0 Å². The summed E-state index contributed by atoms with van der Waals surface area (Å²) in [5.41, 5.74) is 3.11. The van der Waals surface area contributed by atoms with Crippen LogP contribution in [-0.2, 0) is 5.41 Å². The highest BCUT2D eigenvalue weighted by atomic mass is 14.9. The van der Waals surface area contributed by atoms with Crippen molar-refractivity contribution in [3.63, 3.8) is 0 Å². The van der Waals surface area contributed by atoms with Gasteiger partial charge in [-0.25, -0.2) is 0 Å². The zero-order valence-corrected chi connectivity index (χ0v) is 9.28. The molecule has 0 aliphatic carbocycles. The number of aromatic nitrogens is 1. The van der Waals surface area contributed by atoms with Crippen LogP contribution in [0.25, 0.3) is 5.52 Å². The van der Waals surface area contributed by atoms with Gasteiger partial charge in [-0.3, -0.25) is 0 Å². The van der Waals surface area contributed by atoms with E-state index in [0.717, 1.165) is 11.1 Å². The molecule has 2 rings (SSSR count). The highest BCUT2D eigenvalue weighted by molar-refractivity contribution is 5.63. The number of hydrogen-bond acceptors (Lipinski definition) is 1. The number of hydrogen-bond donors (Lipinski definition) is 0.